The topological polar surface area (TPSA) is 3.24 Å². The van der Waals surface area contributed by atoms with Gasteiger partial charge in [-0.1, -0.05) is 27.5 Å². The molecule has 1 aliphatic carbocycles. The van der Waals surface area contributed by atoms with Crippen LogP contribution in [0.15, 0.2) is 18.2 Å². The molecule has 1 saturated carbocycles. The molecule has 0 atom stereocenters. The highest BCUT2D eigenvalue weighted by molar-refractivity contribution is 9.08. The molecule has 0 spiro atoms. The van der Waals surface area contributed by atoms with Gasteiger partial charge in [0.2, 0.25) is 0 Å². The Morgan fingerprint density at radius 1 is 1.50 bits per heavy atom. The van der Waals surface area contributed by atoms with Crippen LogP contribution in [0.25, 0.3) is 0 Å². The number of hydrogen-bond acceptors (Lipinski definition) is 1. The van der Waals surface area contributed by atoms with Crippen molar-refractivity contribution in [2.24, 2.45) is 0 Å². The molecule has 76 valence electrons. The van der Waals surface area contributed by atoms with Crippen molar-refractivity contribution in [3.8, 4) is 0 Å². The Labute approximate surface area is 98.2 Å². The average molecular weight is 275 g/mol. The molecular formula is C11H13BrClN. The van der Waals surface area contributed by atoms with Gasteiger partial charge in [0.25, 0.3) is 0 Å². The Hall–Kier alpha value is -0.210. The average Bonchev–Trinajstić information content (AvgIpc) is 3.00. The monoisotopic (exact) mass is 273 g/mol. The fourth-order valence-electron chi connectivity index (χ4n) is 1.66. The molecular weight excluding hydrogens is 261 g/mol. The second kappa shape index (κ2) is 4.11. The summed E-state index contributed by atoms with van der Waals surface area (Å²) in [6, 6.07) is 6.85. The van der Waals surface area contributed by atoms with Gasteiger partial charge in [-0.05, 0) is 36.6 Å². The van der Waals surface area contributed by atoms with Gasteiger partial charge in [-0.15, -0.1) is 0 Å². The van der Waals surface area contributed by atoms with Crippen LogP contribution in [0.4, 0.5) is 5.69 Å². The van der Waals surface area contributed by atoms with Gasteiger partial charge in [0.1, 0.15) is 0 Å². The van der Waals surface area contributed by atoms with Crippen LogP contribution in [0.2, 0.25) is 5.02 Å². The molecule has 14 heavy (non-hydrogen) atoms. The van der Waals surface area contributed by atoms with Crippen molar-refractivity contribution < 1.29 is 0 Å². The lowest BCUT2D eigenvalue weighted by Crippen LogP contribution is -2.20. The fourth-order valence-corrected chi connectivity index (χ4v) is 2.31. The van der Waals surface area contributed by atoms with Crippen LogP contribution in [0.5, 0.6) is 0 Å². The van der Waals surface area contributed by atoms with Crippen LogP contribution in [0.3, 0.4) is 0 Å². The lowest BCUT2D eigenvalue weighted by atomic mass is 10.2. The molecule has 1 nitrogen and oxygen atoms in total. The van der Waals surface area contributed by atoms with Crippen LogP contribution >= 0.6 is 27.5 Å². The molecule has 1 aromatic carbocycles. The zero-order valence-electron chi connectivity index (χ0n) is 8.13. The normalized spacial score (nSPS) is 15.6. The summed E-state index contributed by atoms with van der Waals surface area (Å²) in [4.78, 5) is 2.35. The van der Waals surface area contributed by atoms with Crippen molar-refractivity contribution in [3.05, 3.63) is 28.8 Å². The molecule has 0 unspecified atom stereocenters. The lowest BCUT2D eigenvalue weighted by Gasteiger charge is -2.21. The molecule has 0 heterocycles. The summed E-state index contributed by atoms with van der Waals surface area (Å²) in [5.74, 6) is 0. The van der Waals surface area contributed by atoms with Crippen LogP contribution in [0.1, 0.15) is 18.4 Å². The summed E-state index contributed by atoms with van der Waals surface area (Å²) >= 11 is 9.45. The van der Waals surface area contributed by atoms with E-state index in [0.29, 0.717) is 0 Å². The minimum atomic E-state index is 0.744. The minimum Gasteiger partial charge on any atom is -0.371 e. The van der Waals surface area contributed by atoms with Crippen molar-refractivity contribution in [2.45, 2.75) is 24.2 Å². The predicted octanol–water partition coefficient (Wildman–Crippen LogP) is 3.83. The molecule has 1 fully saturated rings. The van der Waals surface area contributed by atoms with E-state index in [4.69, 9.17) is 11.6 Å². The molecule has 0 amide bonds. The first kappa shape index (κ1) is 10.3. The molecule has 0 saturated heterocycles. The lowest BCUT2D eigenvalue weighted by molar-refractivity contribution is 0.911. The third kappa shape index (κ3) is 2.06. The molecule has 0 N–H and O–H groups in total. The first-order valence-corrected chi connectivity index (χ1v) is 6.29. The van der Waals surface area contributed by atoms with Crippen molar-refractivity contribution >= 4 is 33.2 Å². The SMILES string of the molecule is CN(c1ccc(Cl)cc1CBr)C1CC1. The standard InChI is InChI=1S/C11H13BrClN/c1-14(10-3-4-10)11-5-2-9(13)6-8(11)7-12/h2,5-6,10H,3-4,7H2,1H3. The maximum Gasteiger partial charge on any atom is 0.0410 e. The highest BCUT2D eigenvalue weighted by atomic mass is 79.9. The maximum absolute atomic E-state index is 5.96. The van der Waals surface area contributed by atoms with E-state index in [0.717, 1.165) is 16.4 Å². The number of rotatable bonds is 3. The van der Waals surface area contributed by atoms with Gasteiger partial charge in [0, 0.05) is 29.1 Å². The van der Waals surface area contributed by atoms with Crippen LogP contribution in [-0.2, 0) is 5.33 Å². The van der Waals surface area contributed by atoms with Gasteiger partial charge in [-0.3, -0.25) is 0 Å². The maximum atomic E-state index is 5.96. The van der Waals surface area contributed by atoms with Crippen molar-refractivity contribution in [1.29, 1.82) is 0 Å². The number of benzene rings is 1. The van der Waals surface area contributed by atoms with E-state index < -0.39 is 0 Å². The predicted molar refractivity (Wildman–Crippen MR) is 65.5 cm³/mol. The third-order valence-corrected chi connectivity index (χ3v) is 3.50. The van der Waals surface area contributed by atoms with E-state index in [1.807, 2.05) is 12.1 Å². The fraction of sp³-hybridized carbons (Fsp3) is 0.455. The third-order valence-electron chi connectivity index (χ3n) is 2.66. The Morgan fingerprint density at radius 3 is 2.79 bits per heavy atom. The van der Waals surface area contributed by atoms with E-state index >= 15 is 0 Å². The zero-order chi connectivity index (χ0) is 10.1. The van der Waals surface area contributed by atoms with Gasteiger partial charge in [-0.25, -0.2) is 0 Å². The number of halogens is 2. The minimum absolute atomic E-state index is 0.744. The van der Waals surface area contributed by atoms with Gasteiger partial charge >= 0.3 is 0 Å². The summed E-state index contributed by atoms with van der Waals surface area (Å²) < 4.78 is 0. The molecule has 0 radical (unpaired) electrons. The highest BCUT2D eigenvalue weighted by Gasteiger charge is 2.27. The number of hydrogen-bond donors (Lipinski definition) is 0. The van der Waals surface area contributed by atoms with Gasteiger partial charge in [-0.2, -0.15) is 0 Å². The van der Waals surface area contributed by atoms with Crippen molar-refractivity contribution in [3.63, 3.8) is 0 Å². The second-order valence-corrected chi connectivity index (χ2v) is 4.75. The van der Waals surface area contributed by atoms with Crippen LogP contribution < -0.4 is 4.90 Å². The number of anilines is 1. The van der Waals surface area contributed by atoms with E-state index in [9.17, 15) is 0 Å². The largest absolute Gasteiger partial charge is 0.371 e. The molecule has 0 aromatic heterocycles. The molecule has 2 rings (SSSR count). The molecule has 1 aromatic rings. The Balaban J connectivity index is 2.30. The Kier molecular flexibility index (Phi) is 3.03. The summed E-state index contributed by atoms with van der Waals surface area (Å²) in [5.41, 5.74) is 2.57. The van der Waals surface area contributed by atoms with E-state index in [1.165, 1.54) is 24.1 Å². The molecule has 0 aliphatic heterocycles. The van der Waals surface area contributed by atoms with E-state index in [-0.39, 0.29) is 0 Å². The summed E-state index contributed by atoms with van der Waals surface area (Å²) in [6.07, 6.45) is 2.64. The van der Waals surface area contributed by atoms with Crippen LogP contribution in [0, 0.1) is 0 Å². The van der Waals surface area contributed by atoms with Crippen molar-refractivity contribution in [1.82, 2.24) is 0 Å². The van der Waals surface area contributed by atoms with E-state index in [1.54, 1.807) is 0 Å². The highest BCUT2D eigenvalue weighted by Crippen LogP contribution is 2.33. The Morgan fingerprint density at radius 2 is 2.21 bits per heavy atom. The van der Waals surface area contributed by atoms with Gasteiger partial charge in [0.05, 0.1) is 0 Å². The smallest absolute Gasteiger partial charge is 0.0410 e. The summed E-state index contributed by atoms with van der Waals surface area (Å²) in [7, 11) is 2.16. The molecule has 0 bridgehead atoms. The van der Waals surface area contributed by atoms with Gasteiger partial charge < -0.3 is 4.90 Å². The summed E-state index contributed by atoms with van der Waals surface area (Å²) in [5, 5.41) is 1.67. The first-order chi connectivity index (χ1) is 6.72. The number of alkyl halides is 1. The molecule has 3 heteroatoms. The summed E-state index contributed by atoms with van der Waals surface area (Å²) in [6.45, 7) is 0. The van der Waals surface area contributed by atoms with Crippen LogP contribution in [-0.4, -0.2) is 13.1 Å². The first-order valence-electron chi connectivity index (χ1n) is 4.79. The van der Waals surface area contributed by atoms with Gasteiger partial charge in [0.15, 0.2) is 0 Å². The zero-order valence-corrected chi connectivity index (χ0v) is 10.5. The number of nitrogens with zero attached hydrogens (tertiary/aromatic N) is 1. The Bertz CT molecular complexity index is 336. The van der Waals surface area contributed by atoms with E-state index in [2.05, 4.69) is 33.9 Å². The van der Waals surface area contributed by atoms with Crippen molar-refractivity contribution in [2.75, 3.05) is 11.9 Å². The quantitative estimate of drug-likeness (QED) is 0.757. The molecule has 1 aliphatic rings. The second-order valence-electron chi connectivity index (χ2n) is 3.75.